The lowest BCUT2D eigenvalue weighted by atomic mass is 10.1. The van der Waals surface area contributed by atoms with E-state index in [-0.39, 0.29) is 17.4 Å². The van der Waals surface area contributed by atoms with Gasteiger partial charge in [0.2, 0.25) is 0 Å². The van der Waals surface area contributed by atoms with Crippen LogP contribution in [0.5, 0.6) is 5.75 Å². The van der Waals surface area contributed by atoms with Crippen LogP contribution in [0.1, 0.15) is 21.7 Å². The summed E-state index contributed by atoms with van der Waals surface area (Å²) in [5, 5.41) is 13.4. The maximum absolute atomic E-state index is 12.4. The molecule has 1 heterocycles. The minimum Gasteiger partial charge on any atom is -0.506 e. The van der Waals surface area contributed by atoms with Gasteiger partial charge in [-0.3, -0.25) is 4.79 Å². The molecule has 0 atom stereocenters. The minimum atomic E-state index is -0.385. The molecule has 0 unspecified atom stereocenters. The number of aromatic hydroxyl groups is 1. The van der Waals surface area contributed by atoms with Gasteiger partial charge >= 0.3 is 0 Å². The van der Waals surface area contributed by atoms with E-state index >= 15 is 0 Å². The highest BCUT2D eigenvalue weighted by Crippen LogP contribution is 2.30. The van der Waals surface area contributed by atoms with Gasteiger partial charge in [0.15, 0.2) is 5.76 Å². The van der Waals surface area contributed by atoms with Crippen LogP contribution in [-0.2, 0) is 0 Å². The van der Waals surface area contributed by atoms with Crippen molar-refractivity contribution in [2.45, 2.75) is 13.8 Å². The molecule has 0 bridgehead atoms. The number of hydrogen-bond acceptors (Lipinski definition) is 3. The number of hydrogen-bond donors (Lipinski definition) is 2. The Kier molecular flexibility index (Phi) is 3.66. The average molecular weight is 360 g/mol. The number of anilines is 1. The van der Waals surface area contributed by atoms with E-state index in [4.69, 9.17) is 4.42 Å². The van der Waals surface area contributed by atoms with Crippen LogP contribution in [-0.4, -0.2) is 11.0 Å². The van der Waals surface area contributed by atoms with Crippen LogP contribution in [0.2, 0.25) is 0 Å². The Balaban J connectivity index is 1.97. The molecule has 0 saturated heterocycles. The topological polar surface area (TPSA) is 62.5 Å². The van der Waals surface area contributed by atoms with E-state index in [1.165, 1.54) is 0 Å². The van der Waals surface area contributed by atoms with Crippen LogP contribution >= 0.6 is 15.9 Å². The smallest absolute Gasteiger partial charge is 0.291 e. The second kappa shape index (κ2) is 5.50. The Bertz CT molecular complexity index is 883. The van der Waals surface area contributed by atoms with Gasteiger partial charge in [0.05, 0.1) is 5.69 Å². The molecule has 5 heteroatoms. The Hall–Kier alpha value is -2.27. The van der Waals surface area contributed by atoms with Crippen LogP contribution in [0.4, 0.5) is 5.69 Å². The first kappa shape index (κ1) is 14.7. The maximum atomic E-state index is 12.4. The van der Waals surface area contributed by atoms with Crippen molar-refractivity contribution < 1.29 is 14.3 Å². The first-order chi connectivity index (χ1) is 10.5. The highest BCUT2D eigenvalue weighted by atomic mass is 79.9. The number of furan rings is 1. The summed E-state index contributed by atoms with van der Waals surface area (Å²) in [4.78, 5) is 12.4. The van der Waals surface area contributed by atoms with Gasteiger partial charge in [0.1, 0.15) is 11.3 Å². The molecule has 0 saturated carbocycles. The third kappa shape index (κ3) is 2.60. The fraction of sp³-hybridized carbons (Fsp3) is 0.118. The van der Waals surface area contributed by atoms with E-state index in [9.17, 15) is 9.90 Å². The fourth-order valence-corrected chi connectivity index (χ4v) is 2.70. The molecular weight excluding hydrogens is 346 g/mol. The Morgan fingerprint density at radius 2 is 1.95 bits per heavy atom. The Morgan fingerprint density at radius 1 is 1.18 bits per heavy atom. The summed E-state index contributed by atoms with van der Waals surface area (Å²) < 4.78 is 6.56. The number of phenols is 1. The molecule has 0 radical (unpaired) electrons. The maximum Gasteiger partial charge on any atom is 0.291 e. The van der Waals surface area contributed by atoms with Crippen molar-refractivity contribution in [2.75, 3.05) is 5.32 Å². The molecule has 0 fully saturated rings. The van der Waals surface area contributed by atoms with Gasteiger partial charge in [0, 0.05) is 15.4 Å². The number of halogens is 1. The quantitative estimate of drug-likeness (QED) is 0.647. The zero-order valence-electron chi connectivity index (χ0n) is 12.1. The van der Waals surface area contributed by atoms with Crippen LogP contribution in [0.3, 0.4) is 0 Å². The first-order valence-electron chi connectivity index (χ1n) is 6.75. The molecule has 2 aromatic carbocycles. The third-order valence-electron chi connectivity index (χ3n) is 3.51. The zero-order valence-corrected chi connectivity index (χ0v) is 13.7. The van der Waals surface area contributed by atoms with Crippen molar-refractivity contribution in [3.63, 3.8) is 0 Å². The number of rotatable bonds is 2. The number of carbonyl (C=O) groups is 1. The molecule has 2 N–H and O–H groups in total. The molecule has 0 aliphatic rings. The van der Waals surface area contributed by atoms with Gasteiger partial charge in [-0.05, 0) is 49.7 Å². The van der Waals surface area contributed by atoms with E-state index in [0.29, 0.717) is 11.3 Å². The van der Waals surface area contributed by atoms with Crippen LogP contribution in [0.15, 0.2) is 45.3 Å². The second-order valence-corrected chi connectivity index (χ2v) is 6.09. The summed E-state index contributed by atoms with van der Waals surface area (Å²) in [5.74, 6) is -0.109. The molecule has 1 amide bonds. The van der Waals surface area contributed by atoms with Gasteiger partial charge in [-0.15, -0.1) is 0 Å². The number of benzene rings is 2. The van der Waals surface area contributed by atoms with E-state index in [1.807, 2.05) is 38.1 Å². The van der Waals surface area contributed by atoms with Crippen LogP contribution < -0.4 is 5.32 Å². The van der Waals surface area contributed by atoms with E-state index < -0.39 is 0 Å². The number of nitrogens with one attached hydrogen (secondary N) is 1. The number of phenolic OH excluding ortho intramolecular Hbond substituents is 1. The molecular formula is C17H14BrNO3. The number of amides is 1. The van der Waals surface area contributed by atoms with Crippen molar-refractivity contribution in [3.05, 3.63) is 57.8 Å². The summed E-state index contributed by atoms with van der Waals surface area (Å²) in [6.45, 7) is 3.70. The van der Waals surface area contributed by atoms with Gasteiger partial charge in [-0.1, -0.05) is 22.0 Å². The van der Waals surface area contributed by atoms with Crippen molar-refractivity contribution >= 4 is 38.5 Å². The van der Waals surface area contributed by atoms with Crippen molar-refractivity contribution in [2.24, 2.45) is 0 Å². The Labute approximate surface area is 135 Å². The molecule has 4 nitrogen and oxygen atoms in total. The normalized spacial score (nSPS) is 10.9. The van der Waals surface area contributed by atoms with Crippen molar-refractivity contribution in [3.8, 4) is 5.75 Å². The highest BCUT2D eigenvalue weighted by Gasteiger charge is 2.18. The second-order valence-electron chi connectivity index (χ2n) is 5.17. The largest absolute Gasteiger partial charge is 0.506 e. The lowest BCUT2D eigenvalue weighted by Crippen LogP contribution is -2.12. The standard InChI is InChI=1S/C17H14BrNO3/c1-9-3-5-13(14(20)7-9)19-17(21)16-10(2)12-8-11(18)4-6-15(12)22-16/h3-8,20H,1-2H3,(H,19,21). The van der Waals surface area contributed by atoms with Crippen molar-refractivity contribution in [1.29, 1.82) is 0 Å². The zero-order chi connectivity index (χ0) is 15.9. The predicted octanol–water partition coefficient (Wildman–Crippen LogP) is 4.77. The summed E-state index contributed by atoms with van der Waals surface area (Å²) in [7, 11) is 0. The SMILES string of the molecule is Cc1ccc(NC(=O)c2oc3ccc(Br)cc3c2C)c(O)c1. The van der Waals surface area contributed by atoms with Crippen LogP contribution in [0.25, 0.3) is 11.0 Å². The summed E-state index contributed by atoms with van der Waals surface area (Å²) in [6, 6.07) is 10.7. The molecule has 3 aromatic rings. The minimum absolute atomic E-state index is 0.0323. The molecule has 22 heavy (non-hydrogen) atoms. The molecule has 0 aliphatic heterocycles. The molecule has 0 aliphatic carbocycles. The lowest BCUT2D eigenvalue weighted by molar-refractivity contribution is 0.0997. The van der Waals surface area contributed by atoms with E-state index in [1.54, 1.807) is 12.1 Å². The summed E-state index contributed by atoms with van der Waals surface area (Å²) in [5.41, 5.74) is 2.69. The number of fused-ring (bicyclic) bond motifs is 1. The van der Waals surface area contributed by atoms with Gasteiger partial charge in [-0.2, -0.15) is 0 Å². The van der Waals surface area contributed by atoms with Crippen molar-refractivity contribution in [1.82, 2.24) is 0 Å². The van der Waals surface area contributed by atoms with E-state index in [0.717, 1.165) is 21.0 Å². The van der Waals surface area contributed by atoms with Crippen LogP contribution in [0, 0.1) is 13.8 Å². The summed E-state index contributed by atoms with van der Waals surface area (Å²) in [6.07, 6.45) is 0. The number of aryl methyl sites for hydroxylation is 2. The molecule has 0 spiro atoms. The van der Waals surface area contributed by atoms with Gasteiger partial charge in [-0.25, -0.2) is 0 Å². The number of carbonyl (C=O) groups excluding carboxylic acids is 1. The predicted molar refractivity (Wildman–Crippen MR) is 89.4 cm³/mol. The first-order valence-corrected chi connectivity index (χ1v) is 7.54. The Morgan fingerprint density at radius 3 is 2.68 bits per heavy atom. The lowest BCUT2D eigenvalue weighted by Gasteiger charge is -2.07. The van der Waals surface area contributed by atoms with Gasteiger partial charge in [0.25, 0.3) is 5.91 Å². The monoisotopic (exact) mass is 359 g/mol. The van der Waals surface area contributed by atoms with Gasteiger partial charge < -0.3 is 14.8 Å². The third-order valence-corrected chi connectivity index (χ3v) is 4.00. The highest BCUT2D eigenvalue weighted by molar-refractivity contribution is 9.10. The fourth-order valence-electron chi connectivity index (χ4n) is 2.34. The summed E-state index contributed by atoms with van der Waals surface area (Å²) >= 11 is 3.41. The molecule has 3 rings (SSSR count). The molecule has 1 aromatic heterocycles. The molecule has 112 valence electrons. The van der Waals surface area contributed by atoms with E-state index in [2.05, 4.69) is 21.2 Å². The average Bonchev–Trinajstić information content (AvgIpc) is 2.79.